The second-order valence-corrected chi connectivity index (χ2v) is 4.06. The molecule has 0 atom stereocenters. The Bertz CT molecular complexity index is 586. The molecule has 0 radical (unpaired) electrons. The molecule has 1 aromatic heterocycles. The van der Waals surface area contributed by atoms with Crippen molar-refractivity contribution in [3.63, 3.8) is 0 Å². The first-order chi connectivity index (χ1) is 9.24. The molecule has 0 saturated heterocycles. The van der Waals surface area contributed by atoms with Crippen molar-refractivity contribution in [3.8, 4) is 0 Å². The van der Waals surface area contributed by atoms with E-state index in [1.165, 1.54) is 6.07 Å². The van der Waals surface area contributed by atoms with Crippen LogP contribution < -0.4 is 5.32 Å². The number of nitrogens with one attached hydrogen (secondary N) is 1. The highest BCUT2D eigenvalue weighted by Gasteiger charge is 2.14. The van der Waals surface area contributed by atoms with Crippen molar-refractivity contribution in [1.82, 2.24) is 4.98 Å². The molecule has 19 heavy (non-hydrogen) atoms. The number of hydrogen-bond donors (Lipinski definition) is 1. The molecule has 0 unspecified atom stereocenters. The number of nitro groups is 1. The quantitative estimate of drug-likeness (QED) is 0.491. The van der Waals surface area contributed by atoms with Gasteiger partial charge in [-0.05, 0) is 24.6 Å². The first-order valence-corrected chi connectivity index (χ1v) is 5.99. The molecule has 6 nitrogen and oxygen atoms in total. The smallest absolute Gasteiger partial charge is 0.278 e. The second-order valence-electron chi connectivity index (χ2n) is 4.06. The van der Waals surface area contributed by atoms with Crippen LogP contribution in [-0.2, 0) is 4.74 Å². The number of hydrogen-bond acceptors (Lipinski definition) is 5. The van der Waals surface area contributed by atoms with Crippen LogP contribution in [0.1, 0.15) is 6.42 Å². The Balaban J connectivity index is 2.30. The largest absolute Gasteiger partial charge is 0.385 e. The Morgan fingerprint density at radius 2 is 2.26 bits per heavy atom. The zero-order chi connectivity index (χ0) is 13.7. The highest BCUT2D eigenvalue weighted by Crippen LogP contribution is 2.29. The van der Waals surface area contributed by atoms with Crippen LogP contribution in [0.25, 0.3) is 10.9 Å². The Labute approximate surface area is 110 Å². The normalized spacial score (nSPS) is 10.6. The van der Waals surface area contributed by atoms with E-state index < -0.39 is 4.92 Å². The molecule has 0 fully saturated rings. The summed E-state index contributed by atoms with van der Waals surface area (Å²) in [6.45, 7) is 1.41. The Morgan fingerprint density at radius 3 is 3.00 bits per heavy atom. The van der Waals surface area contributed by atoms with E-state index in [1.807, 2.05) is 0 Å². The Hall–Kier alpha value is -2.21. The number of nitro benzene ring substituents is 1. The van der Waals surface area contributed by atoms with Crippen LogP contribution in [0.15, 0.2) is 30.5 Å². The molecule has 6 heteroatoms. The van der Waals surface area contributed by atoms with Crippen LogP contribution in [0.2, 0.25) is 0 Å². The molecule has 0 saturated carbocycles. The number of methoxy groups -OCH3 is 1. The summed E-state index contributed by atoms with van der Waals surface area (Å²) < 4.78 is 4.97. The van der Waals surface area contributed by atoms with Crippen LogP contribution in [0.4, 0.5) is 11.4 Å². The molecule has 0 bridgehead atoms. The van der Waals surface area contributed by atoms with Crippen LogP contribution in [-0.4, -0.2) is 30.2 Å². The minimum Gasteiger partial charge on any atom is -0.385 e. The van der Waals surface area contributed by atoms with Gasteiger partial charge in [-0.2, -0.15) is 0 Å². The molecule has 1 heterocycles. The van der Waals surface area contributed by atoms with Gasteiger partial charge in [0, 0.05) is 32.5 Å². The van der Waals surface area contributed by atoms with Gasteiger partial charge in [-0.3, -0.25) is 15.1 Å². The van der Waals surface area contributed by atoms with Crippen LogP contribution in [0.3, 0.4) is 0 Å². The topological polar surface area (TPSA) is 77.3 Å². The summed E-state index contributed by atoms with van der Waals surface area (Å²) in [6, 6.07) is 6.60. The minimum atomic E-state index is -0.390. The summed E-state index contributed by atoms with van der Waals surface area (Å²) in [7, 11) is 1.66. The van der Waals surface area contributed by atoms with Crippen LogP contribution in [0.5, 0.6) is 0 Å². The van der Waals surface area contributed by atoms with E-state index in [-0.39, 0.29) is 5.69 Å². The van der Waals surface area contributed by atoms with Gasteiger partial charge in [-0.25, -0.2) is 0 Å². The molecule has 0 aliphatic heterocycles. The summed E-state index contributed by atoms with van der Waals surface area (Å²) in [5.41, 5.74) is 1.50. The molecule has 1 aromatic carbocycles. The zero-order valence-corrected chi connectivity index (χ0v) is 10.6. The minimum absolute atomic E-state index is 0.0746. The summed E-state index contributed by atoms with van der Waals surface area (Å²) in [4.78, 5) is 14.8. The van der Waals surface area contributed by atoms with Crippen LogP contribution in [0, 0.1) is 10.1 Å². The van der Waals surface area contributed by atoms with Crippen LogP contribution >= 0.6 is 0 Å². The number of non-ortho nitro benzene ring substituents is 1. The van der Waals surface area contributed by atoms with Crippen molar-refractivity contribution in [2.24, 2.45) is 0 Å². The summed E-state index contributed by atoms with van der Waals surface area (Å²) in [6.07, 6.45) is 2.49. The maximum absolute atomic E-state index is 11.0. The van der Waals surface area contributed by atoms with Crippen molar-refractivity contribution >= 4 is 22.3 Å². The Morgan fingerprint density at radius 1 is 1.42 bits per heavy atom. The van der Waals surface area contributed by atoms with Gasteiger partial charge in [-0.1, -0.05) is 0 Å². The van der Waals surface area contributed by atoms with Gasteiger partial charge < -0.3 is 10.1 Å². The maximum atomic E-state index is 11.0. The second kappa shape index (κ2) is 6.10. The first kappa shape index (κ1) is 13.2. The van der Waals surface area contributed by atoms with Gasteiger partial charge in [0.05, 0.1) is 16.0 Å². The van der Waals surface area contributed by atoms with E-state index in [4.69, 9.17) is 4.74 Å². The molecule has 0 aliphatic rings. The zero-order valence-electron chi connectivity index (χ0n) is 10.6. The van der Waals surface area contributed by atoms with E-state index in [0.717, 1.165) is 18.7 Å². The third-order valence-corrected chi connectivity index (χ3v) is 2.78. The number of benzene rings is 1. The third-order valence-electron chi connectivity index (χ3n) is 2.78. The van der Waals surface area contributed by atoms with Gasteiger partial charge in [0.15, 0.2) is 0 Å². The summed E-state index contributed by atoms with van der Waals surface area (Å²) >= 11 is 0. The number of rotatable bonds is 6. The predicted molar refractivity (Wildman–Crippen MR) is 73.4 cm³/mol. The van der Waals surface area contributed by atoms with Gasteiger partial charge in [0.25, 0.3) is 5.69 Å². The lowest BCUT2D eigenvalue weighted by atomic mass is 10.1. The van der Waals surface area contributed by atoms with E-state index >= 15 is 0 Å². The van der Waals surface area contributed by atoms with Crippen molar-refractivity contribution in [3.05, 3.63) is 40.6 Å². The van der Waals surface area contributed by atoms with Gasteiger partial charge in [0.2, 0.25) is 0 Å². The highest BCUT2D eigenvalue weighted by atomic mass is 16.6. The van der Waals surface area contributed by atoms with Gasteiger partial charge in [0.1, 0.15) is 5.52 Å². The van der Waals surface area contributed by atoms with E-state index in [1.54, 1.807) is 31.5 Å². The average Bonchev–Trinajstić information content (AvgIpc) is 2.43. The third kappa shape index (κ3) is 2.97. The SMILES string of the molecule is COCCCNc1ccc([N+](=O)[O-])c2cccnc12. The fraction of sp³-hybridized carbons (Fsp3) is 0.308. The molecule has 2 rings (SSSR count). The molecule has 2 aromatic rings. The lowest BCUT2D eigenvalue weighted by molar-refractivity contribution is -0.383. The number of anilines is 1. The lowest BCUT2D eigenvalue weighted by Crippen LogP contribution is -2.05. The fourth-order valence-corrected chi connectivity index (χ4v) is 1.90. The fourth-order valence-electron chi connectivity index (χ4n) is 1.90. The average molecular weight is 261 g/mol. The Kier molecular flexibility index (Phi) is 4.25. The molecular weight excluding hydrogens is 246 g/mol. The molecule has 100 valence electrons. The van der Waals surface area contributed by atoms with Gasteiger partial charge in [-0.15, -0.1) is 0 Å². The number of aromatic nitrogens is 1. The van der Waals surface area contributed by atoms with Gasteiger partial charge >= 0.3 is 0 Å². The highest BCUT2D eigenvalue weighted by molar-refractivity contribution is 5.96. The van der Waals surface area contributed by atoms with E-state index in [0.29, 0.717) is 17.5 Å². The first-order valence-electron chi connectivity index (χ1n) is 5.99. The predicted octanol–water partition coefficient (Wildman–Crippen LogP) is 2.59. The molecule has 0 amide bonds. The summed E-state index contributed by atoms with van der Waals surface area (Å²) in [5, 5.41) is 14.7. The number of nitrogens with zero attached hydrogens (tertiary/aromatic N) is 2. The molecule has 0 spiro atoms. The standard InChI is InChI=1S/C13H15N3O3/c1-19-9-3-8-14-11-5-6-12(16(17)18)10-4-2-7-15-13(10)11/h2,4-7,14H,3,8-9H2,1H3. The monoisotopic (exact) mass is 261 g/mol. The molecule has 0 aliphatic carbocycles. The number of pyridine rings is 1. The van der Waals surface area contributed by atoms with Crippen molar-refractivity contribution < 1.29 is 9.66 Å². The molecular formula is C13H15N3O3. The summed E-state index contributed by atoms with van der Waals surface area (Å²) in [5.74, 6) is 0. The van der Waals surface area contributed by atoms with E-state index in [9.17, 15) is 10.1 Å². The maximum Gasteiger partial charge on any atom is 0.278 e. The number of fused-ring (bicyclic) bond motifs is 1. The molecule has 1 N–H and O–H groups in total. The number of ether oxygens (including phenoxy) is 1. The lowest BCUT2D eigenvalue weighted by Gasteiger charge is -2.09. The van der Waals surface area contributed by atoms with Crippen molar-refractivity contribution in [2.75, 3.05) is 25.6 Å². The van der Waals surface area contributed by atoms with Crippen molar-refractivity contribution in [2.45, 2.75) is 6.42 Å². The van der Waals surface area contributed by atoms with Crippen molar-refractivity contribution in [1.29, 1.82) is 0 Å². The van der Waals surface area contributed by atoms with E-state index in [2.05, 4.69) is 10.3 Å².